The van der Waals surface area contributed by atoms with Crippen LogP contribution in [0.3, 0.4) is 0 Å². The van der Waals surface area contributed by atoms with Gasteiger partial charge in [-0.05, 0) is 53.1 Å². The third-order valence-electron chi connectivity index (χ3n) is 7.59. The number of nitrogens with zero attached hydrogens (tertiary/aromatic N) is 3. The minimum Gasteiger partial charge on any atom is -0.497 e. The Labute approximate surface area is 250 Å². The van der Waals surface area contributed by atoms with Crippen molar-refractivity contribution in [2.75, 3.05) is 20.4 Å². The summed E-state index contributed by atoms with van der Waals surface area (Å²) in [6.45, 7) is 6.86. The predicted molar refractivity (Wildman–Crippen MR) is 164 cm³/mol. The number of imide groups is 1. The zero-order valence-electron chi connectivity index (χ0n) is 24.6. The summed E-state index contributed by atoms with van der Waals surface area (Å²) in [5.41, 5.74) is 5.98. The second-order valence-electron chi connectivity index (χ2n) is 11.8. The molecule has 0 bridgehead atoms. The van der Waals surface area contributed by atoms with Gasteiger partial charge in [-0.25, -0.2) is 9.69 Å². The highest BCUT2D eigenvalue weighted by Crippen LogP contribution is 2.37. The van der Waals surface area contributed by atoms with Gasteiger partial charge < -0.3 is 30.2 Å². The monoisotopic (exact) mass is 601 g/mol. The number of amides is 4. The molecule has 0 aliphatic carbocycles. The van der Waals surface area contributed by atoms with E-state index in [9.17, 15) is 19.5 Å². The highest BCUT2D eigenvalue weighted by molar-refractivity contribution is 6.76. The Balaban J connectivity index is 1.52. The van der Waals surface area contributed by atoms with Crippen LogP contribution in [0.1, 0.15) is 16.1 Å². The van der Waals surface area contributed by atoms with Crippen molar-refractivity contribution in [3.05, 3.63) is 78.2 Å². The maximum absolute atomic E-state index is 14.1. The average Bonchev–Trinajstić information content (AvgIpc) is 3.42. The highest BCUT2D eigenvalue weighted by atomic mass is 28.3. The lowest BCUT2D eigenvalue weighted by Gasteiger charge is -2.28. The van der Waals surface area contributed by atoms with Crippen molar-refractivity contribution in [3.63, 3.8) is 0 Å². The van der Waals surface area contributed by atoms with Crippen molar-refractivity contribution in [2.45, 2.75) is 37.8 Å². The fourth-order valence-electron chi connectivity index (χ4n) is 5.09. The Morgan fingerprint density at radius 3 is 2.49 bits per heavy atom. The van der Waals surface area contributed by atoms with E-state index in [1.807, 2.05) is 6.07 Å². The van der Waals surface area contributed by atoms with Crippen LogP contribution in [-0.4, -0.2) is 65.9 Å². The lowest BCUT2D eigenvalue weighted by molar-refractivity contribution is -0.135. The molecule has 43 heavy (non-hydrogen) atoms. The molecule has 0 saturated carbocycles. The van der Waals surface area contributed by atoms with Gasteiger partial charge in [0.1, 0.15) is 18.2 Å². The van der Waals surface area contributed by atoms with Crippen molar-refractivity contribution >= 4 is 36.7 Å². The number of nitrogens with one attached hydrogen (secondary N) is 1. The summed E-state index contributed by atoms with van der Waals surface area (Å²) < 4.78 is 12.6. The van der Waals surface area contributed by atoms with Gasteiger partial charge in [-0.15, -0.1) is 0 Å². The first kappa shape index (κ1) is 29.8. The molecule has 1 saturated heterocycles. The summed E-state index contributed by atoms with van der Waals surface area (Å²) in [5, 5.41) is 15.4. The van der Waals surface area contributed by atoms with E-state index in [0.29, 0.717) is 28.9 Å². The van der Waals surface area contributed by atoms with Gasteiger partial charge in [0.05, 0.1) is 13.7 Å². The minimum atomic E-state index is -1.54. The van der Waals surface area contributed by atoms with Crippen LogP contribution in [0.4, 0.5) is 4.79 Å². The zero-order valence-corrected chi connectivity index (χ0v) is 25.6. The number of ether oxygens (including phenoxy) is 2. The largest absolute Gasteiger partial charge is 0.497 e. The third kappa shape index (κ3) is 5.97. The number of nitrogens with two attached hydrogens (primary N) is 1. The number of aromatic nitrogens is 2. The molecule has 12 heteroatoms. The van der Waals surface area contributed by atoms with Crippen LogP contribution in [0.25, 0.3) is 21.9 Å². The van der Waals surface area contributed by atoms with Crippen molar-refractivity contribution < 1.29 is 29.0 Å². The SMILES string of the molecule is COc1ccc2cn(C[C@@]3(c4ccc(-c5ccnc(C(N)=O)c5)cc4)NC(=O)N(COCC[Si](C)(C)C)C3=O)c(O)c2c1. The number of hydrogen-bond acceptors (Lipinski definition) is 7. The van der Waals surface area contributed by atoms with Gasteiger partial charge in [-0.2, -0.15) is 0 Å². The number of primary amides is 1. The first-order chi connectivity index (χ1) is 20.4. The lowest BCUT2D eigenvalue weighted by Crippen LogP contribution is -2.47. The first-order valence-corrected chi connectivity index (χ1v) is 17.6. The van der Waals surface area contributed by atoms with Crippen molar-refractivity contribution in [1.29, 1.82) is 0 Å². The lowest BCUT2D eigenvalue weighted by atomic mass is 9.88. The number of hydrogen-bond donors (Lipinski definition) is 3. The van der Waals surface area contributed by atoms with Crippen LogP contribution in [0.15, 0.2) is 67.0 Å². The van der Waals surface area contributed by atoms with Crippen molar-refractivity contribution in [2.24, 2.45) is 5.73 Å². The summed E-state index contributed by atoms with van der Waals surface area (Å²) in [6.07, 6.45) is 3.23. The van der Waals surface area contributed by atoms with E-state index in [1.165, 1.54) is 6.20 Å². The van der Waals surface area contributed by atoms with Gasteiger partial charge >= 0.3 is 6.03 Å². The quantitative estimate of drug-likeness (QED) is 0.132. The molecule has 5 rings (SSSR count). The molecule has 0 unspecified atom stereocenters. The van der Waals surface area contributed by atoms with Crippen molar-refractivity contribution in [1.82, 2.24) is 19.8 Å². The van der Waals surface area contributed by atoms with E-state index in [2.05, 4.69) is 29.9 Å². The van der Waals surface area contributed by atoms with Crippen molar-refractivity contribution in [3.8, 4) is 22.8 Å². The molecule has 1 aliphatic heterocycles. The van der Waals surface area contributed by atoms with E-state index in [-0.39, 0.29) is 24.8 Å². The molecule has 2 aromatic carbocycles. The second-order valence-corrected chi connectivity index (χ2v) is 17.4. The Morgan fingerprint density at radius 2 is 1.81 bits per heavy atom. The van der Waals surface area contributed by atoms with E-state index in [0.717, 1.165) is 21.9 Å². The number of rotatable bonds is 11. The normalized spacial score (nSPS) is 17.0. The number of urea groups is 1. The highest BCUT2D eigenvalue weighted by Gasteiger charge is 2.53. The van der Waals surface area contributed by atoms with Crippen LogP contribution >= 0.6 is 0 Å². The van der Waals surface area contributed by atoms with Crippen LogP contribution in [0, 0.1) is 0 Å². The van der Waals surface area contributed by atoms with E-state index in [1.54, 1.807) is 66.4 Å². The average molecular weight is 602 g/mol. The van der Waals surface area contributed by atoms with Gasteiger partial charge in [0, 0.05) is 37.8 Å². The molecule has 224 valence electrons. The van der Waals surface area contributed by atoms with Crippen LogP contribution in [-0.2, 0) is 21.6 Å². The first-order valence-electron chi connectivity index (χ1n) is 13.9. The number of carbonyl (C=O) groups excluding carboxylic acids is 3. The van der Waals surface area contributed by atoms with E-state index < -0.39 is 31.5 Å². The molecule has 4 N–H and O–H groups in total. The predicted octanol–water partition coefficient (Wildman–Crippen LogP) is 4.28. The number of carbonyl (C=O) groups is 3. The molecule has 4 aromatic rings. The Bertz CT molecular complexity index is 1700. The summed E-state index contributed by atoms with van der Waals surface area (Å²) >= 11 is 0. The minimum absolute atomic E-state index is 0.0625. The Morgan fingerprint density at radius 1 is 1.07 bits per heavy atom. The standard InChI is InChI=1S/C31H35N5O6Si/c1-41-24-10-7-22-17-35(28(38)25(22)16-24)18-31(29(39)36(30(40)34-31)19-42-13-14-43(2,3)4)23-8-5-20(6-9-23)21-11-12-33-26(15-21)27(32)37/h5-12,15-17,38H,13-14,18-19H2,1-4H3,(H2,32,37)(H,34,40)/t31-/m0/s1. The molecule has 2 aromatic heterocycles. The summed E-state index contributed by atoms with van der Waals surface area (Å²) in [6, 6.07) is 16.0. The summed E-state index contributed by atoms with van der Waals surface area (Å²) in [7, 11) is 0.172. The maximum Gasteiger partial charge on any atom is 0.327 e. The molecular formula is C31H35N5O6Si. The molecule has 4 amide bonds. The van der Waals surface area contributed by atoms with Crippen LogP contribution < -0.4 is 15.8 Å². The smallest absolute Gasteiger partial charge is 0.327 e. The van der Waals surface area contributed by atoms with E-state index >= 15 is 0 Å². The molecule has 1 atom stereocenters. The second kappa shape index (κ2) is 11.5. The summed E-state index contributed by atoms with van der Waals surface area (Å²) in [5.74, 6) is -0.616. The van der Waals surface area contributed by atoms with Crippen LogP contribution in [0.5, 0.6) is 11.6 Å². The van der Waals surface area contributed by atoms with E-state index in [4.69, 9.17) is 15.2 Å². The number of benzene rings is 2. The van der Waals surface area contributed by atoms with Gasteiger partial charge in [-0.1, -0.05) is 43.9 Å². The fraction of sp³-hybridized carbons (Fsp3) is 0.290. The Kier molecular flexibility index (Phi) is 7.99. The zero-order chi connectivity index (χ0) is 30.9. The molecule has 1 aliphatic rings. The topological polar surface area (TPSA) is 149 Å². The van der Waals surface area contributed by atoms with Gasteiger partial charge in [-0.3, -0.25) is 14.6 Å². The fourth-order valence-corrected chi connectivity index (χ4v) is 5.85. The van der Waals surface area contributed by atoms with Gasteiger partial charge in [0.25, 0.3) is 11.8 Å². The number of pyridine rings is 1. The number of methoxy groups -OCH3 is 1. The third-order valence-corrected chi connectivity index (χ3v) is 9.30. The molecule has 11 nitrogen and oxygen atoms in total. The van der Waals surface area contributed by atoms with Gasteiger partial charge in [0.2, 0.25) is 0 Å². The summed E-state index contributed by atoms with van der Waals surface area (Å²) in [4.78, 5) is 44.1. The number of fused-ring (bicyclic) bond motifs is 1. The van der Waals surface area contributed by atoms with Gasteiger partial charge in [0.15, 0.2) is 11.4 Å². The van der Waals surface area contributed by atoms with Crippen LogP contribution in [0.2, 0.25) is 25.7 Å². The Hall–Kier alpha value is -4.68. The molecule has 1 fully saturated rings. The number of aromatic hydroxyl groups is 1. The molecule has 0 spiro atoms. The maximum atomic E-state index is 14.1. The molecule has 3 heterocycles. The molecular weight excluding hydrogens is 566 g/mol. The molecule has 0 radical (unpaired) electrons.